The van der Waals surface area contributed by atoms with Crippen molar-refractivity contribution in [2.75, 3.05) is 29.8 Å². The van der Waals surface area contributed by atoms with Crippen molar-refractivity contribution >= 4 is 32.9 Å². The second-order valence-corrected chi connectivity index (χ2v) is 10.5. The molecule has 0 radical (unpaired) electrons. The Morgan fingerprint density at radius 2 is 2.03 bits per heavy atom. The van der Waals surface area contributed by atoms with Crippen LogP contribution in [0.4, 0.5) is 20.3 Å². The number of nitrogens with one attached hydrogen (secondary N) is 1. The molecule has 11 heteroatoms. The Labute approximate surface area is 196 Å². The number of anilines is 2. The summed E-state index contributed by atoms with van der Waals surface area (Å²) < 4.78 is 56.8. The number of aromatic nitrogens is 2. The number of pyridine rings is 1. The fourth-order valence-corrected chi connectivity index (χ4v) is 5.77. The lowest BCUT2D eigenvalue weighted by Gasteiger charge is -2.29. The minimum Gasteiger partial charge on any atom is -0.370 e. The van der Waals surface area contributed by atoms with Crippen LogP contribution in [0.15, 0.2) is 40.1 Å². The highest BCUT2D eigenvalue weighted by atomic mass is 32.2. The largest absolute Gasteiger partial charge is 0.370 e. The number of hydrogen-bond acceptors (Lipinski definition) is 7. The average molecular weight is 494 g/mol. The molecule has 3 aromatic rings. The molecule has 1 atom stereocenters. The molecule has 3 heterocycles. The molecular formula is C22H25F2N5O2S2. The van der Waals surface area contributed by atoms with Crippen LogP contribution in [0.1, 0.15) is 23.4 Å². The molecule has 0 aliphatic carbocycles. The lowest BCUT2D eigenvalue weighted by atomic mass is 10.1. The summed E-state index contributed by atoms with van der Waals surface area (Å²) >= 11 is 1.24. The van der Waals surface area contributed by atoms with Gasteiger partial charge in [0.1, 0.15) is 16.5 Å². The van der Waals surface area contributed by atoms with E-state index in [1.165, 1.54) is 34.4 Å². The third-order valence-corrected chi connectivity index (χ3v) is 7.85. The molecule has 1 fully saturated rings. The maximum absolute atomic E-state index is 15.2. The zero-order chi connectivity index (χ0) is 23.8. The predicted octanol–water partition coefficient (Wildman–Crippen LogP) is 3.94. The first-order valence-electron chi connectivity index (χ1n) is 10.4. The van der Waals surface area contributed by atoms with Gasteiger partial charge in [0.25, 0.3) is 10.0 Å². The van der Waals surface area contributed by atoms with Gasteiger partial charge in [-0.1, -0.05) is 0 Å². The number of nitrogens with zero attached hydrogens (tertiary/aromatic N) is 4. The fourth-order valence-electron chi connectivity index (χ4n) is 4.08. The molecule has 0 spiro atoms. The number of sulfonamides is 1. The van der Waals surface area contributed by atoms with Gasteiger partial charge in [0.05, 0.1) is 11.2 Å². The second-order valence-electron chi connectivity index (χ2n) is 8.17. The van der Waals surface area contributed by atoms with E-state index in [9.17, 15) is 12.8 Å². The molecule has 0 amide bonds. The summed E-state index contributed by atoms with van der Waals surface area (Å²) in [4.78, 5) is 11.9. The molecule has 176 valence electrons. The molecule has 33 heavy (non-hydrogen) atoms. The normalized spacial score (nSPS) is 16.8. The average Bonchev–Trinajstić information content (AvgIpc) is 3.44. The quantitative estimate of drug-likeness (QED) is 0.537. The molecule has 1 unspecified atom stereocenters. The standard InChI is InChI=1S/C22H25F2N5O2S2/c1-14-4-5-17(23)18(26-14)11-29-9-8-16(10-29)28(3)19-6-7-20(22(24)15(19)2)33(30,31)27-21-12-32-13-25-21/h4-7,12-13,16,27H,8-11H2,1-3H3. The number of aryl methyl sites for hydroxylation is 1. The Bertz CT molecular complexity index is 1250. The summed E-state index contributed by atoms with van der Waals surface area (Å²) in [7, 11) is -2.23. The molecule has 1 N–H and O–H groups in total. The van der Waals surface area contributed by atoms with Crippen molar-refractivity contribution < 1.29 is 17.2 Å². The number of halogens is 2. The smallest absolute Gasteiger partial charge is 0.266 e. The van der Waals surface area contributed by atoms with Crippen LogP contribution in [-0.2, 0) is 16.6 Å². The van der Waals surface area contributed by atoms with Crippen molar-refractivity contribution in [3.63, 3.8) is 0 Å². The Balaban J connectivity index is 1.49. The van der Waals surface area contributed by atoms with E-state index in [2.05, 4.69) is 19.6 Å². The molecule has 1 aromatic carbocycles. The van der Waals surface area contributed by atoms with Gasteiger partial charge >= 0.3 is 0 Å². The van der Waals surface area contributed by atoms with Gasteiger partial charge in [-0.05, 0) is 44.5 Å². The van der Waals surface area contributed by atoms with E-state index >= 15 is 4.39 Å². The van der Waals surface area contributed by atoms with E-state index in [1.807, 2.05) is 18.9 Å². The maximum Gasteiger partial charge on any atom is 0.266 e. The van der Waals surface area contributed by atoms with Crippen molar-refractivity contribution in [3.05, 3.63) is 63.7 Å². The zero-order valence-corrected chi connectivity index (χ0v) is 20.2. The number of benzene rings is 1. The number of hydrogen-bond donors (Lipinski definition) is 1. The Morgan fingerprint density at radius 1 is 1.24 bits per heavy atom. The number of likely N-dealkylation sites (N-methyl/N-ethyl adjacent to an activating group) is 1. The summed E-state index contributed by atoms with van der Waals surface area (Å²) in [6.07, 6.45) is 0.816. The van der Waals surface area contributed by atoms with Crippen molar-refractivity contribution in [3.8, 4) is 0 Å². The highest BCUT2D eigenvalue weighted by molar-refractivity contribution is 7.92. The zero-order valence-electron chi connectivity index (χ0n) is 18.5. The van der Waals surface area contributed by atoms with Crippen LogP contribution in [0.2, 0.25) is 0 Å². The van der Waals surface area contributed by atoms with E-state index in [-0.39, 0.29) is 23.2 Å². The highest BCUT2D eigenvalue weighted by Gasteiger charge is 2.29. The molecule has 1 aliphatic rings. The topological polar surface area (TPSA) is 78.4 Å². The summed E-state index contributed by atoms with van der Waals surface area (Å²) in [6, 6.07) is 6.06. The van der Waals surface area contributed by atoms with Gasteiger partial charge in [-0.25, -0.2) is 22.2 Å². The van der Waals surface area contributed by atoms with E-state index < -0.39 is 20.7 Å². The Hall–Kier alpha value is -2.63. The van der Waals surface area contributed by atoms with Crippen molar-refractivity contribution in [2.24, 2.45) is 0 Å². The third kappa shape index (κ3) is 4.99. The van der Waals surface area contributed by atoms with Crippen LogP contribution in [0.25, 0.3) is 0 Å². The van der Waals surface area contributed by atoms with E-state index in [0.717, 1.165) is 18.7 Å². The summed E-state index contributed by atoms with van der Waals surface area (Å²) in [6.45, 7) is 5.23. The Kier molecular flexibility index (Phi) is 6.64. The Morgan fingerprint density at radius 3 is 2.76 bits per heavy atom. The van der Waals surface area contributed by atoms with Crippen LogP contribution in [-0.4, -0.2) is 49.5 Å². The molecular weight excluding hydrogens is 468 g/mol. The minimum absolute atomic E-state index is 0.0755. The maximum atomic E-state index is 15.2. The van der Waals surface area contributed by atoms with Crippen LogP contribution in [0.5, 0.6) is 0 Å². The summed E-state index contributed by atoms with van der Waals surface area (Å²) in [5.74, 6) is -0.954. The highest BCUT2D eigenvalue weighted by Crippen LogP contribution is 2.31. The van der Waals surface area contributed by atoms with Crippen LogP contribution in [0.3, 0.4) is 0 Å². The summed E-state index contributed by atoms with van der Waals surface area (Å²) in [5, 5.41) is 1.54. The fraction of sp³-hybridized carbons (Fsp3) is 0.364. The van der Waals surface area contributed by atoms with Crippen LogP contribution in [0, 0.1) is 25.5 Å². The van der Waals surface area contributed by atoms with Gasteiger partial charge in [0.15, 0.2) is 5.82 Å². The van der Waals surface area contributed by atoms with Gasteiger partial charge in [0, 0.05) is 55.0 Å². The lowest BCUT2D eigenvalue weighted by Crippen LogP contribution is -2.35. The van der Waals surface area contributed by atoms with Gasteiger partial charge in [-0.3, -0.25) is 14.6 Å². The molecule has 1 aliphatic heterocycles. The van der Waals surface area contributed by atoms with E-state index in [1.54, 1.807) is 19.1 Å². The monoisotopic (exact) mass is 493 g/mol. The molecule has 1 saturated heterocycles. The second kappa shape index (κ2) is 9.32. The van der Waals surface area contributed by atoms with Crippen LogP contribution >= 0.6 is 11.3 Å². The van der Waals surface area contributed by atoms with Crippen molar-refractivity contribution in [1.82, 2.24) is 14.9 Å². The first kappa shape index (κ1) is 23.5. The number of thiazole rings is 1. The van der Waals surface area contributed by atoms with E-state index in [0.29, 0.717) is 24.5 Å². The molecule has 4 rings (SSSR count). The summed E-state index contributed by atoms with van der Waals surface area (Å²) in [5.41, 5.74) is 3.55. The first-order valence-corrected chi connectivity index (χ1v) is 12.9. The van der Waals surface area contributed by atoms with Gasteiger partial charge in [-0.15, -0.1) is 11.3 Å². The van der Waals surface area contributed by atoms with Crippen molar-refractivity contribution in [1.29, 1.82) is 0 Å². The van der Waals surface area contributed by atoms with E-state index in [4.69, 9.17) is 0 Å². The SMILES string of the molecule is Cc1ccc(F)c(CN2CCC(N(C)c3ccc(S(=O)(=O)Nc4cscn4)c(F)c3C)C2)n1. The lowest BCUT2D eigenvalue weighted by molar-refractivity contribution is 0.315. The van der Waals surface area contributed by atoms with Gasteiger partial charge in [-0.2, -0.15) is 0 Å². The predicted molar refractivity (Wildman–Crippen MR) is 125 cm³/mol. The van der Waals surface area contributed by atoms with Crippen molar-refractivity contribution in [2.45, 2.75) is 37.8 Å². The minimum atomic E-state index is -4.10. The third-order valence-electron chi connectivity index (χ3n) is 5.89. The molecule has 2 aromatic heterocycles. The number of rotatable bonds is 7. The molecule has 0 bridgehead atoms. The number of likely N-dealkylation sites (tertiary alicyclic amines) is 1. The molecule has 0 saturated carbocycles. The van der Waals surface area contributed by atoms with Gasteiger partial charge < -0.3 is 4.90 Å². The molecule has 7 nitrogen and oxygen atoms in total. The van der Waals surface area contributed by atoms with Gasteiger partial charge in [0.2, 0.25) is 0 Å². The van der Waals surface area contributed by atoms with Crippen LogP contribution < -0.4 is 9.62 Å². The first-order chi connectivity index (χ1) is 15.7.